The van der Waals surface area contributed by atoms with Crippen LogP contribution in [0.5, 0.6) is 0 Å². The van der Waals surface area contributed by atoms with Crippen molar-refractivity contribution in [2.75, 3.05) is 25.6 Å². The molecule has 0 amide bonds. The summed E-state index contributed by atoms with van der Waals surface area (Å²) in [6.07, 6.45) is 8.38. The van der Waals surface area contributed by atoms with Crippen LogP contribution in [-0.2, 0) is 9.47 Å². The van der Waals surface area contributed by atoms with E-state index in [4.69, 9.17) is 9.47 Å². The van der Waals surface area contributed by atoms with E-state index in [1.54, 1.807) is 25.2 Å². The van der Waals surface area contributed by atoms with Crippen LogP contribution in [0.1, 0.15) is 85.9 Å². The number of benzene rings is 1. The first-order valence-electron chi connectivity index (χ1n) is 9.79. The quantitative estimate of drug-likeness (QED) is 0.385. The van der Waals surface area contributed by atoms with Crippen LogP contribution in [0.25, 0.3) is 0 Å². The highest BCUT2D eigenvalue weighted by atomic mass is 16.5. The van der Waals surface area contributed by atoms with Crippen LogP contribution in [0.2, 0.25) is 0 Å². The predicted molar refractivity (Wildman–Crippen MR) is 105 cm³/mol. The Bertz CT molecular complexity index is 513. The van der Waals surface area contributed by atoms with Gasteiger partial charge in [0.15, 0.2) is 0 Å². The van der Waals surface area contributed by atoms with Crippen LogP contribution in [0.4, 0.5) is 5.69 Å². The van der Waals surface area contributed by atoms with Gasteiger partial charge in [0.05, 0.1) is 24.3 Å². The minimum absolute atomic E-state index is 0.366. The number of carbonyl (C=O) groups excluding carboxylic acids is 2. The van der Waals surface area contributed by atoms with E-state index in [1.165, 1.54) is 0 Å². The molecule has 1 N–H and O–H groups in total. The molecule has 0 radical (unpaired) electrons. The molecule has 0 aliphatic carbocycles. The summed E-state index contributed by atoms with van der Waals surface area (Å²) in [7, 11) is 1.75. The third-order valence-electron chi connectivity index (χ3n) is 4.16. The van der Waals surface area contributed by atoms with Gasteiger partial charge in [-0.1, -0.05) is 52.4 Å². The molecule has 5 nitrogen and oxygen atoms in total. The minimum atomic E-state index is -0.407. The van der Waals surface area contributed by atoms with E-state index in [-0.39, 0.29) is 0 Å². The summed E-state index contributed by atoms with van der Waals surface area (Å²) in [4.78, 5) is 24.5. The van der Waals surface area contributed by atoms with Crippen LogP contribution in [0, 0.1) is 0 Å². The summed E-state index contributed by atoms with van der Waals surface area (Å²) < 4.78 is 10.6. The molecule has 1 aromatic rings. The number of nitrogens with one attached hydrogen (secondary N) is 1. The van der Waals surface area contributed by atoms with Crippen LogP contribution in [0.15, 0.2) is 18.2 Å². The van der Waals surface area contributed by atoms with Crippen molar-refractivity contribution in [2.45, 2.75) is 65.2 Å². The van der Waals surface area contributed by atoms with Gasteiger partial charge in [-0.05, 0) is 31.0 Å². The van der Waals surface area contributed by atoms with Crippen LogP contribution in [0.3, 0.4) is 0 Å². The molecule has 5 heteroatoms. The highest BCUT2D eigenvalue weighted by molar-refractivity contribution is 5.97. The van der Waals surface area contributed by atoms with Gasteiger partial charge in [0.25, 0.3) is 0 Å². The maximum Gasteiger partial charge on any atom is 0.338 e. The first-order valence-corrected chi connectivity index (χ1v) is 9.79. The number of hydrogen-bond acceptors (Lipinski definition) is 5. The molecule has 146 valence electrons. The molecule has 0 saturated heterocycles. The van der Waals surface area contributed by atoms with E-state index in [0.717, 1.165) is 51.4 Å². The Labute approximate surface area is 157 Å². The van der Waals surface area contributed by atoms with Crippen LogP contribution in [-0.4, -0.2) is 32.2 Å². The first-order chi connectivity index (χ1) is 12.6. The van der Waals surface area contributed by atoms with Crippen molar-refractivity contribution in [3.63, 3.8) is 0 Å². The largest absolute Gasteiger partial charge is 0.462 e. The average molecular weight is 363 g/mol. The molecule has 0 aliphatic heterocycles. The highest BCUT2D eigenvalue weighted by Gasteiger charge is 2.15. The second kappa shape index (κ2) is 13.2. The number of rotatable bonds is 13. The van der Waals surface area contributed by atoms with Crippen molar-refractivity contribution >= 4 is 17.6 Å². The van der Waals surface area contributed by atoms with Gasteiger partial charge in [-0.25, -0.2) is 9.59 Å². The van der Waals surface area contributed by atoms with Gasteiger partial charge in [-0.15, -0.1) is 0 Å². The van der Waals surface area contributed by atoms with Gasteiger partial charge >= 0.3 is 11.9 Å². The third-order valence-corrected chi connectivity index (χ3v) is 4.16. The number of anilines is 1. The van der Waals surface area contributed by atoms with Crippen molar-refractivity contribution in [3.8, 4) is 0 Å². The smallest absolute Gasteiger partial charge is 0.338 e. The summed E-state index contributed by atoms with van der Waals surface area (Å²) in [6.45, 7) is 5.08. The number of carbonyl (C=O) groups is 2. The molecular formula is C21H33NO4. The van der Waals surface area contributed by atoms with Crippen LogP contribution < -0.4 is 5.32 Å². The third kappa shape index (κ3) is 8.37. The lowest BCUT2D eigenvalue weighted by Crippen LogP contribution is -2.11. The second-order valence-corrected chi connectivity index (χ2v) is 6.44. The molecule has 0 aromatic heterocycles. The van der Waals surface area contributed by atoms with Gasteiger partial charge in [0, 0.05) is 12.7 Å². The molecule has 0 unspecified atom stereocenters. The minimum Gasteiger partial charge on any atom is -0.462 e. The Hall–Kier alpha value is -2.04. The van der Waals surface area contributed by atoms with E-state index in [0.29, 0.717) is 30.0 Å². The van der Waals surface area contributed by atoms with Gasteiger partial charge in [-0.2, -0.15) is 0 Å². The molecule has 26 heavy (non-hydrogen) atoms. The summed E-state index contributed by atoms with van der Waals surface area (Å²) in [5.41, 5.74) is 1.42. The average Bonchev–Trinajstić information content (AvgIpc) is 2.66. The van der Waals surface area contributed by atoms with Crippen molar-refractivity contribution < 1.29 is 19.1 Å². The molecule has 0 fully saturated rings. The van der Waals surface area contributed by atoms with Crippen molar-refractivity contribution in [1.29, 1.82) is 0 Å². The SMILES string of the molecule is CCCCCCOC(=O)c1cc(NC)cc(C(=O)OCCCCCC)c1. The lowest BCUT2D eigenvalue weighted by atomic mass is 10.1. The maximum atomic E-state index is 12.3. The molecular weight excluding hydrogens is 330 g/mol. The molecule has 0 saturated carbocycles. The number of ether oxygens (including phenoxy) is 2. The van der Waals surface area contributed by atoms with E-state index >= 15 is 0 Å². The lowest BCUT2D eigenvalue weighted by Gasteiger charge is -2.10. The van der Waals surface area contributed by atoms with Crippen molar-refractivity contribution in [2.24, 2.45) is 0 Å². The zero-order valence-electron chi connectivity index (χ0n) is 16.4. The van der Waals surface area contributed by atoms with E-state index in [9.17, 15) is 9.59 Å². The zero-order chi connectivity index (χ0) is 19.2. The van der Waals surface area contributed by atoms with Crippen molar-refractivity contribution in [3.05, 3.63) is 29.3 Å². The Morgan fingerprint density at radius 3 is 1.62 bits per heavy atom. The fourth-order valence-corrected chi connectivity index (χ4v) is 2.56. The van der Waals surface area contributed by atoms with E-state index in [2.05, 4.69) is 19.2 Å². The maximum absolute atomic E-state index is 12.3. The summed E-state index contributed by atoms with van der Waals surface area (Å²) >= 11 is 0. The standard InChI is InChI=1S/C21H33NO4/c1-4-6-8-10-12-25-20(23)17-14-18(16-19(15-17)22-3)21(24)26-13-11-9-7-5-2/h14-16,22H,4-13H2,1-3H3. The molecule has 0 aliphatic rings. The molecule has 1 rings (SSSR count). The molecule has 0 atom stereocenters. The van der Waals surface area contributed by atoms with Gasteiger partial charge in [0.1, 0.15) is 0 Å². The monoisotopic (exact) mass is 363 g/mol. The van der Waals surface area contributed by atoms with E-state index in [1.807, 2.05) is 0 Å². The van der Waals surface area contributed by atoms with E-state index < -0.39 is 11.9 Å². The molecule has 0 spiro atoms. The predicted octanol–water partition coefficient (Wildman–Crippen LogP) is 5.20. The van der Waals surface area contributed by atoms with Crippen molar-refractivity contribution in [1.82, 2.24) is 0 Å². The van der Waals surface area contributed by atoms with Gasteiger partial charge < -0.3 is 14.8 Å². The Morgan fingerprint density at radius 2 is 1.23 bits per heavy atom. The fraction of sp³-hybridized carbons (Fsp3) is 0.619. The second-order valence-electron chi connectivity index (χ2n) is 6.44. The summed E-state index contributed by atoms with van der Waals surface area (Å²) in [6, 6.07) is 4.92. The Kier molecular flexibility index (Phi) is 11.2. The Morgan fingerprint density at radius 1 is 0.769 bits per heavy atom. The van der Waals surface area contributed by atoms with Gasteiger partial charge in [0.2, 0.25) is 0 Å². The number of unbranched alkanes of at least 4 members (excludes halogenated alkanes) is 6. The first kappa shape index (κ1) is 22.0. The topological polar surface area (TPSA) is 64.6 Å². The Balaban J connectivity index is 2.62. The lowest BCUT2D eigenvalue weighted by molar-refractivity contribution is 0.0496. The summed E-state index contributed by atoms with van der Waals surface area (Å²) in [5.74, 6) is -0.814. The molecule has 1 aromatic carbocycles. The number of esters is 2. The highest BCUT2D eigenvalue weighted by Crippen LogP contribution is 2.17. The summed E-state index contributed by atoms with van der Waals surface area (Å²) in [5, 5.41) is 2.97. The number of hydrogen-bond donors (Lipinski definition) is 1. The normalized spacial score (nSPS) is 10.4. The fourth-order valence-electron chi connectivity index (χ4n) is 2.56. The zero-order valence-corrected chi connectivity index (χ0v) is 16.4. The van der Waals surface area contributed by atoms with Gasteiger partial charge in [-0.3, -0.25) is 0 Å². The molecule has 0 bridgehead atoms. The molecule has 0 heterocycles. The van der Waals surface area contributed by atoms with Crippen LogP contribution >= 0.6 is 0 Å².